The SMILES string of the molecule is CCN(CC)CCNC(=O)Cn1c(=S)[nH]c2ccccc2c1=O. The van der Waals surface area contributed by atoms with Crippen molar-refractivity contribution in [3.63, 3.8) is 0 Å². The van der Waals surface area contributed by atoms with E-state index in [4.69, 9.17) is 12.2 Å². The van der Waals surface area contributed by atoms with Crippen molar-refractivity contribution in [2.75, 3.05) is 26.2 Å². The standard InChI is InChI=1S/C16H22N4O2S/c1-3-19(4-2)10-9-17-14(21)11-20-15(22)12-7-5-6-8-13(12)18-16(20)23/h5-8H,3-4,9-11H2,1-2H3,(H,17,21)(H,18,23). The molecule has 0 aliphatic carbocycles. The third kappa shape index (κ3) is 4.27. The second-order valence-electron chi connectivity index (χ2n) is 5.24. The van der Waals surface area contributed by atoms with Gasteiger partial charge < -0.3 is 15.2 Å². The van der Waals surface area contributed by atoms with E-state index < -0.39 is 0 Å². The van der Waals surface area contributed by atoms with Crippen molar-refractivity contribution in [3.8, 4) is 0 Å². The Labute approximate surface area is 140 Å². The van der Waals surface area contributed by atoms with Gasteiger partial charge in [0, 0.05) is 13.1 Å². The van der Waals surface area contributed by atoms with E-state index in [1.807, 2.05) is 6.07 Å². The van der Waals surface area contributed by atoms with Crippen LogP contribution in [0.3, 0.4) is 0 Å². The molecule has 0 bridgehead atoms. The highest BCUT2D eigenvalue weighted by atomic mass is 32.1. The number of hydrogen-bond acceptors (Lipinski definition) is 4. The summed E-state index contributed by atoms with van der Waals surface area (Å²) in [6.45, 7) is 7.33. The van der Waals surface area contributed by atoms with E-state index in [9.17, 15) is 9.59 Å². The summed E-state index contributed by atoms with van der Waals surface area (Å²) < 4.78 is 1.55. The first-order chi connectivity index (χ1) is 11.1. The van der Waals surface area contributed by atoms with Crippen molar-refractivity contribution in [3.05, 3.63) is 39.4 Å². The lowest BCUT2D eigenvalue weighted by atomic mass is 10.2. The van der Waals surface area contributed by atoms with E-state index in [0.29, 0.717) is 17.4 Å². The number of benzene rings is 1. The van der Waals surface area contributed by atoms with Gasteiger partial charge in [-0.2, -0.15) is 0 Å². The van der Waals surface area contributed by atoms with Gasteiger partial charge in [-0.25, -0.2) is 0 Å². The maximum absolute atomic E-state index is 12.4. The number of rotatable bonds is 7. The van der Waals surface area contributed by atoms with Crippen LogP contribution in [0.1, 0.15) is 13.8 Å². The Balaban J connectivity index is 2.08. The molecular formula is C16H22N4O2S. The number of para-hydroxylation sites is 1. The molecule has 1 amide bonds. The van der Waals surface area contributed by atoms with Gasteiger partial charge in [0.1, 0.15) is 6.54 Å². The summed E-state index contributed by atoms with van der Waals surface area (Å²) in [4.78, 5) is 29.7. The summed E-state index contributed by atoms with van der Waals surface area (Å²) in [5, 5.41) is 3.36. The van der Waals surface area contributed by atoms with Gasteiger partial charge in [0.25, 0.3) is 5.56 Å². The average Bonchev–Trinajstić information content (AvgIpc) is 2.55. The predicted octanol–water partition coefficient (Wildman–Crippen LogP) is 1.52. The van der Waals surface area contributed by atoms with E-state index in [0.717, 1.165) is 19.6 Å². The van der Waals surface area contributed by atoms with Crippen LogP contribution in [0.25, 0.3) is 10.9 Å². The van der Waals surface area contributed by atoms with Gasteiger partial charge in [-0.1, -0.05) is 26.0 Å². The molecule has 0 fully saturated rings. The number of aromatic amines is 1. The van der Waals surface area contributed by atoms with Crippen molar-refractivity contribution in [2.24, 2.45) is 0 Å². The first kappa shape index (κ1) is 17.4. The number of aromatic nitrogens is 2. The van der Waals surface area contributed by atoms with Crippen molar-refractivity contribution < 1.29 is 4.79 Å². The van der Waals surface area contributed by atoms with Crippen LogP contribution in [0.4, 0.5) is 0 Å². The first-order valence-corrected chi connectivity index (χ1v) is 8.18. The van der Waals surface area contributed by atoms with Crippen LogP contribution in [0, 0.1) is 4.77 Å². The fourth-order valence-corrected chi connectivity index (χ4v) is 2.69. The molecule has 0 atom stereocenters. The summed E-state index contributed by atoms with van der Waals surface area (Å²) in [6, 6.07) is 7.13. The number of nitrogens with one attached hydrogen (secondary N) is 2. The molecular weight excluding hydrogens is 312 g/mol. The Bertz CT molecular complexity index is 793. The molecule has 2 aromatic rings. The monoisotopic (exact) mass is 334 g/mol. The van der Waals surface area contributed by atoms with Crippen LogP contribution >= 0.6 is 12.2 Å². The molecule has 7 heteroatoms. The van der Waals surface area contributed by atoms with Crippen LogP contribution in [0.5, 0.6) is 0 Å². The third-order valence-electron chi connectivity index (χ3n) is 3.84. The Morgan fingerprint density at radius 2 is 2.00 bits per heavy atom. The van der Waals surface area contributed by atoms with E-state index in [-0.39, 0.29) is 22.8 Å². The van der Waals surface area contributed by atoms with Crippen LogP contribution < -0.4 is 10.9 Å². The van der Waals surface area contributed by atoms with Crippen LogP contribution in [0.15, 0.2) is 29.1 Å². The molecule has 23 heavy (non-hydrogen) atoms. The zero-order valence-corrected chi connectivity index (χ0v) is 14.3. The molecule has 0 aliphatic heterocycles. The molecule has 124 valence electrons. The van der Waals surface area contributed by atoms with Crippen LogP contribution in [-0.2, 0) is 11.3 Å². The van der Waals surface area contributed by atoms with Gasteiger partial charge in [-0.15, -0.1) is 0 Å². The molecule has 0 spiro atoms. The molecule has 6 nitrogen and oxygen atoms in total. The Hall–Kier alpha value is -1.99. The van der Waals surface area contributed by atoms with E-state index in [1.165, 1.54) is 4.57 Å². The molecule has 0 radical (unpaired) electrons. The largest absolute Gasteiger partial charge is 0.353 e. The molecule has 2 N–H and O–H groups in total. The summed E-state index contributed by atoms with van der Waals surface area (Å²) in [7, 11) is 0. The van der Waals surface area contributed by atoms with Gasteiger partial charge in [-0.05, 0) is 37.4 Å². The number of carbonyl (C=O) groups excluding carboxylic acids is 1. The lowest BCUT2D eigenvalue weighted by Crippen LogP contribution is -2.38. The number of carbonyl (C=O) groups is 1. The summed E-state index contributed by atoms with van der Waals surface area (Å²) in [5.74, 6) is -0.214. The third-order valence-corrected chi connectivity index (χ3v) is 4.16. The van der Waals surface area contributed by atoms with E-state index in [2.05, 4.69) is 29.0 Å². The van der Waals surface area contributed by atoms with E-state index >= 15 is 0 Å². The quantitative estimate of drug-likeness (QED) is 0.753. The molecule has 0 aliphatic rings. The van der Waals surface area contributed by atoms with Gasteiger partial charge in [0.15, 0.2) is 4.77 Å². The van der Waals surface area contributed by atoms with Crippen LogP contribution in [0.2, 0.25) is 0 Å². The number of amides is 1. The number of likely N-dealkylation sites (N-methyl/N-ethyl adjacent to an activating group) is 1. The van der Waals surface area contributed by atoms with Crippen LogP contribution in [-0.4, -0.2) is 46.5 Å². The second kappa shape index (κ2) is 8.03. The molecule has 2 rings (SSSR count). The minimum atomic E-state index is -0.247. The lowest BCUT2D eigenvalue weighted by Gasteiger charge is -2.18. The highest BCUT2D eigenvalue weighted by Gasteiger charge is 2.09. The summed E-state index contributed by atoms with van der Waals surface area (Å²) >= 11 is 5.20. The Morgan fingerprint density at radius 1 is 1.30 bits per heavy atom. The maximum Gasteiger partial charge on any atom is 0.262 e. The maximum atomic E-state index is 12.4. The molecule has 1 aromatic carbocycles. The van der Waals surface area contributed by atoms with Gasteiger partial charge in [-0.3, -0.25) is 14.2 Å². The molecule has 1 heterocycles. The Morgan fingerprint density at radius 3 is 2.70 bits per heavy atom. The molecule has 1 aromatic heterocycles. The minimum absolute atomic E-state index is 0.0722. The fraction of sp³-hybridized carbons (Fsp3) is 0.438. The highest BCUT2D eigenvalue weighted by molar-refractivity contribution is 7.71. The fourth-order valence-electron chi connectivity index (χ4n) is 2.44. The first-order valence-electron chi connectivity index (χ1n) is 7.77. The summed E-state index contributed by atoms with van der Waals surface area (Å²) in [6.07, 6.45) is 0. The number of fused-ring (bicyclic) bond motifs is 1. The predicted molar refractivity (Wildman–Crippen MR) is 94.2 cm³/mol. The normalized spacial score (nSPS) is 11.1. The molecule has 0 unspecified atom stereocenters. The summed E-state index contributed by atoms with van der Waals surface area (Å²) in [5.41, 5.74) is 0.434. The smallest absolute Gasteiger partial charge is 0.262 e. The van der Waals surface area contributed by atoms with Crippen molar-refractivity contribution in [1.82, 2.24) is 19.8 Å². The topological polar surface area (TPSA) is 70.1 Å². The lowest BCUT2D eigenvalue weighted by molar-refractivity contribution is -0.121. The highest BCUT2D eigenvalue weighted by Crippen LogP contribution is 2.05. The number of H-pyrrole nitrogens is 1. The molecule has 0 saturated carbocycles. The van der Waals surface area contributed by atoms with Crippen molar-refractivity contribution in [1.29, 1.82) is 0 Å². The van der Waals surface area contributed by atoms with Crippen molar-refractivity contribution >= 4 is 29.0 Å². The van der Waals surface area contributed by atoms with E-state index in [1.54, 1.807) is 18.2 Å². The number of nitrogens with zero attached hydrogens (tertiary/aromatic N) is 2. The second-order valence-corrected chi connectivity index (χ2v) is 5.63. The Kier molecular flexibility index (Phi) is 6.06. The van der Waals surface area contributed by atoms with Crippen molar-refractivity contribution in [2.45, 2.75) is 20.4 Å². The zero-order valence-electron chi connectivity index (χ0n) is 13.5. The average molecular weight is 334 g/mol. The van der Waals surface area contributed by atoms with Gasteiger partial charge in [0.2, 0.25) is 5.91 Å². The van der Waals surface area contributed by atoms with Gasteiger partial charge >= 0.3 is 0 Å². The van der Waals surface area contributed by atoms with Gasteiger partial charge in [0.05, 0.1) is 10.9 Å². The molecule has 0 saturated heterocycles. The zero-order chi connectivity index (χ0) is 16.8. The number of hydrogen-bond donors (Lipinski definition) is 2. The minimum Gasteiger partial charge on any atom is -0.353 e.